The Balaban J connectivity index is 1.70. The fourth-order valence-corrected chi connectivity index (χ4v) is 5.41. The molecule has 2 aliphatic heterocycles. The minimum atomic E-state index is -3.74. The molecule has 3 amide bonds. The number of nitrogens with zero attached hydrogens (tertiary/aromatic N) is 3. The first-order valence-electron chi connectivity index (χ1n) is 9.41. The molecule has 0 unspecified atom stereocenters. The third kappa shape index (κ3) is 4.54. The number of carbonyl (C=O) groups excluding carboxylic acids is 3. The number of hydrogen-bond donors (Lipinski definition) is 1. The van der Waals surface area contributed by atoms with Crippen molar-refractivity contribution >= 4 is 45.0 Å². The molecule has 1 aromatic carbocycles. The van der Waals surface area contributed by atoms with E-state index in [2.05, 4.69) is 5.32 Å². The van der Waals surface area contributed by atoms with E-state index in [1.807, 2.05) is 0 Å². The fraction of sp³-hybridized carbons (Fsp3) is 0.500. The number of benzene rings is 1. The zero-order valence-electron chi connectivity index (χ0n) is 16.1. The predicted octanol–water partition coefficient (Wildman–Crippen LogP) is 0.754. The molecule has 2 saturated heterocycles. The van der Waals surface area contributed by atoms with Gasteiger partial charge >= 0.3 is 11.8 Å². The molecular weight excluding hydrogens is 420 g/mol. The van der Waals surface area contributed by atoms with Crippen molar-refractivity contribution in [3.63, 3.8) is 0 Å². The van der Waals surface area contributed by atoms with E-state index < -0.39 is 27.7 Å². The van der Waals surface area contributed by atoms with Crippen LogP contribution in [0.15, 0.2) is 23.1 Å². The summed E-state index contributed by atoms with van der Waals surface area (Å²) < 4.78 is 26.9. The number of carbonyl (C=O) groups is 3. The minimum absolute atomic E-state index is 0.0679. The van der Waals surface area contributed by atoms with E-state index in [0.717, 1.165) is 12.8 Å². The Hall–Kier alpha value is -2.17. The van der Waals surface area contributed by atoms with Crippen molar-refractivity contribution in [1.82, 2.24) is 14.1 Å². The van der Waals surface area contributed by atoms with Crippen molar-refractivity contribution in [2.45, 2.75) is 24.7 Å². The Morgan fingerprint density at radius 3 is 2.34 bits per heavy atom. The van der Waals surface area contributed by atoms with Crippen molar-refractivity contribution in [2.24, 2.45) is 0 Å². The van der Waals surface area contributed by atoms with Crippen molar-refractivity contribution in [3.05, 3.63) is 23.2 Å². The van der Waals surface area contributed by atoms with Crippen LogP contribution < -0.4 is 5.32 Å². The first-order valence-corrected chi connectivity index (χ1v) is 11.2. The standard InChI is InChI=1S/C18H23ClN4O5S/c1-2-21-9-10-22(18(26)17(21)25)12-16(24)20-13-5-6-14(19)15(11-13)29(27,28)23-7-3-4-8-23/h5-6,11H,2-4,7-10,12H2,1H3,(H,20,24). The molecule has 3 rings (SSSR count). The fourth-order valence-electron chi connectivity index (χ4n) is 3.39. The number of rotatable bonds is 6. The summed E-state index contributed by atoms with van der Waals surface area (Å²) in [5.41, 5.74) is 0.253. The highest BCUT2D eigenvalue weighted by atomic mass is 35.5. The molecule has 0 radical (unpaired) electrons. The van der Waals surface area contributed by atoms with E-state index in [1.165, 1.54) is 32.3 Å². The Morgan fingerprint density at radius 1 is 1.07 bits per heavy atom. The molecule has 2 fully saturated rings. The first kappa shape index (κ1) is 21.5. The molecule has 1 N–H and O–H groups in total. The quantitative estimate of drug-likeness (QED) is 0.654. The largest absolute Gasteiger partial charge is 0.333 e. The minimum Gasteiger partial charge on any atom is -0.333 e. The van der Waals surface area contributed by atoms with Gasteiger partial charge in [0.05, 0.1) is 5.02 Å². The monoisotopic (exact) mass is 442 g/mol. The smallest absolute Gasteiger partial charge is 0.312 e. The summed E-state index contributed by atoms with van der Waals surface area (Å²) >= 11 is 6.10. The van der Waals surface area contributed by atoms with Gasteiger partial charge in [-0.15, -0.1) is 0 Å². The summed E-state index contributed by atoms with van der Waals surface area (Å²) in [6, 6.07) is 4.22. The van der Waals surface area contributed by atoms with E-state index in [1.54, 1.807) is 6.92 Å². The molecule has 1 aromatic rings. The van der Waals surface area contributed by atoms with Gasteiger partial charge in [-0.1, -0.05) is 11.6 Å². The van der Waals surface area contributed by atoms with E-state index >= 15 is 0 Å². The van der Waals surface area contributed by atoms with E-state index in [0.29, 0.717) is 26.2 Å². The zero-order chi connectivity index (χ0) is 21.2. The lowest BCUT2D eigenvalue weighted by Crippen LogP contribution is -2.55. The molecule has 0 saturated carbocycles. The van der Waals surface area contributed by atoms with Crippen LogP contribution in [0, 0.1) is 0 Å². The summed E-state index contributed by atoms with van der Waals surface area (Å²) in [7, 11) is -3.74. The number of hydrogen-bond acceptors (Lipinski definition) is 5. The molecule has 0 atom stereocenters. The van der Waals surface area contributed by atoms with Crippen molar-refractivity contribution in [3.8, 4) is 0 Å². The van der Waals surface area contributed by atoms with Crippen molar-refractivity contribution in [2.75, 3.05) is 44.6 Å². The van der Waals surface area contributed by atoms with Gasteiger partial charge in [0.15, 0.2) is 0 Å². The Kier molecular flexibility index (Phi) is 6.45. The topological polar surface area (TPSA) is 107 Å². The average Bonchev–Trinajstić information content (AvgIpc) is 3.23. The third-order valence-corrected chi connectivity index (χ3v) is 7.39. The number of halogens is 1. The second-order valence-electron chi connectivity index (χ2n) is 6.92. The third-order valence-electron chi connectivity index (χ3n) is 5.01. The maximum Gasteiger partial charge on any atom is 0.312 e. The van der Waals surface area contributed by atoms with Gasteiger partial charge in [0.1, 0.15) is 11.4 Å². The van der Waals surface area contributed by atoms with Crippen LogP contribution in [0.3, 0.4) is 0 Å². The molecule has 0 bridgehead atoms. The SMILES string of the molecule is CCN1CCN(CC(=O)Nc2ccc(Cl)c(S(=O)(=O)N3CCCC3)c2)C(=O)C1=O. The molecule has 0 spiro atoms. The van der Waals surface area contributed by atoms with Gasteiger partial charge in [0.25, 0.3) is 0 Å². The Bertz CT molecular complexity index is 930. The summed E-state index contributed by atoms with van der Waals surface area (Å²) in [6.45, 7) is 3.43. The number of likely N-dealkylation sites (N-methyl/N-ethyl adjacent to an activating group) is 1. The van der Waals surface area contributed by atoms with Gasteiger partial charge in [0.2, 0.25) is 15.9 Å². The van der Waals surface area contributed by atoms with Gasteiger partial charge in [-0.3, -0.25) is 14.4 Å². The van der Waals surface area contributed by atoms with Crippen LogP contribution in [0.5, 0.6) is 0 Å². The van der Waals surface area contributed by atoms with Gasteiger partial charge < -0.3 is 15.1 Å². The number of amides is 3. The van der Waals surface area contributed by atoms with Crippen molar-refractivity contribution in [1.29, 1.82) is 0 Å². The van der Waals surface area contributed by atoms with Gasteiger partial charge in [-0.25, -0.2) is 8.42 Å². The maximum atomic E-state index is 12.8. The van der Waals surface area contributed by atoms with Crippen LogP contribution >= 0.6 is 11.6 Å². The zero-order valence-corrected chi connectivity index (χ0v) is 17.6. The molecule has 11 heteroatoms. The summed E-state index contributed by atoms with van der Waals surface area (Å²) in [5.74, 6) is -1.87. The molecular formula is C18H23ClN4O5S. The number of nitrogens with one attached hydrogen (secondary N) is 1. The molecule has 0 aliphatic carbocycles. The van der Waals surface area contributed by atoms with Gasteiger partial charge in [-0.2, -0.15) is 4.31 Å². The van der Waals surface area contributed by atoms with Crippen LogP contribution in [0.25, 0.3) is 0 Å². The van der Waals surface area contributed by atoms with E-state index in [4.69, 9.17) is 11.6 Å². The van der Waals surface area contributed by atoms with E-state index in [9.17, 15) is 22.8 Å². The van der Waals surface area contributed by atoms with Crippen molar-refractivity contribution < 1.29 is 22.8 Å². The van der Waals surface area contributed by atoms with E-state index in [-0.39, 0.29) is 28.7 Å². The van der Waals surface area contributed by atoms with Crippen LogP contribution in [-0.2, 0) is 24.4 Å². The molecule has 2 heterocycles. The number of anilines is 1. The Labute approximate surface area is 174 Å². The highest BCUT2D eigenvalue weighted by molar-refractivity contribution is 7.89. The molecule has 158 valence electrons. The highest BCUT2D eigenvalue weighted by Crippen LogP contribution is 2.29. The Morgan fingerprint density at radius 2 is 1.69 bits per heavy atom. The summed E-state index contributed by atoms with van der Waals surface area (Å²) in [4.78, 5) is 39.0. The second-order valence-corrected chi connectivity index (χ2v) is 9.23. The molecule has 0 aromatic heterocycles. The first-order chi connectivity index (χ1) is 13.7. The summed E-state index contributed by atoms with van der Waals surface area (Å²) in [6.07, 6.45) is 1.59. The highest BCUT2D eigenvalue weighted by Gasteiger charge is 2.33. The normalized spacial score (nSPS) is 18.4. The maximum absolute atomic E-state index is 12.8. The number of piperazine rings is 1. The average molecular weight is 443 g/mol. The number of sulfonamides is 1. The lowest BCUT2D eigenvalue weighted by atomic mass is 10.2. The lowest BCUT2D eigenvalue weighted by molar-refractivity contribution is -0.156. The second kappa shape index (κ2) is 8.68. The van der Waals surface area contributed by atoms with Crippen LogP contribution in [0.1, 0.15) is 19.8 Å². The van der Waals surface area contributed by atoms with Crippen LogP contribution in [0.2, 0.25) is 5.02 Å². The predicted molar refractivity (Wildman–Crippen MR) is 107 cm³/mol. The molecule has 9 nitrogen and oxygen atoms in total. The van der Waals surface area contributed by atoms with Crippen LogP contribution in [0.4, 0.5) is 5.69 Å². The van der Waals surface area contributed by atoms with Crippen LogP contribution in [-0.4, -0.2) is 79.5 Å². The van der Waals surface area contributed by atoms with Gasteiger partial charge in [0, 0.05) is 38.4 Å². The summed E-state index contributed by atoms with van der Waals surface area (Å²) in [5, 5.41) is 2.66. The van der Waals surface area contributed by atoms with Gasteiger partial charge in [-0.05, 0) is 38.0 Å². The molecule has 2 aliphatic rings. The lowest BCUT2D eigenvalue weighted by Gasteiger charge is -2.32. The molecule has 29 heavy (non-hydrogen) atoms.